The maximum absolute atomic E-state index is 9.82. The van der Waals surface area contributed by atoms with Crippen molar-refractivity contribution in [1.82, 2.24) is 0 Å². The van der Waals surface area contributed by atoms with Gasteiger partial charge in [0.15, 0.2) is 0 Å². The fraction of sp³-hybridized carbons (Fsp3) is 1.00. The normalized spacial score (nSPS) is 18.9. The van der Waals surface area contributed by atoms with E-state index in [0.717, 1.165) is 7.05 Å². The Hall–Kier alpha value is -0.240. The second kappa shape index (κ2) is 2.86. The maximum atomic E-state index is 9.82. The highest BCUT2D eigenvalue weighted by Crippen LogP contribution is 1.12. The van der Waals surface area contributed by atoms with Gasteiger partial charge in [-0.1, -0.05) is 10.3 Å². The number of hydrogen-bond acceptors (Lipinski definition) is 4. The molecule has 2 unspecified atom stereocenters. The molecule has 0 aromatic heterocycles. The van der Waals surface area contributed by atoms with Crippen LogP contribution in [-0.2, 0) is 4.94 Å². The lowest BCUT2D eigenvalue weighted by Crippen LogP contribution is -3.54. The topological polar surface area (TPSA) is 90.2 Å². The van der Waals surface area contributed by atoms with Crippen molar-refractivity contribution in [2.24, 2.45) is 5.90 Å². The molecule has 0 aromatic rings. The summed E-state index contributed by atoms with van der Waals surface area (Å²) >= 11 is 0. The van der Waals surface area contributed by atoms with Crippen molar-refractivity contribution in [1.29, 1.82) is 0 Å². The van der Waals surface area contributed by atoms with Crippen LogP contribution in [0.3, 0.4) is 0 Å². The van der Waals surface area contributed by atoms with E-state index in [1.807, 2.05) is 0 Å². The standard InChI is InChI=1S/CH7N3O3/c1-3(5)4(6)7-2/h3-4H,2H2,1H3. The SMILES string of the molecule is C[NH+]([O-])[NH+]([O-])ON. The Kier molecular flexibility index (Phi) is 2.76. The minimum Gasteiger partial charge on any atom is -0.581 e. The first kappa shape index (κ1) is 6.76. The van der Waals surface area contributed by atoms with Gasteiger partial charge in [-0.25, -0.2) is 0 Å². The molecule has 0 bridgehead atoms. The van der Waals surface area contributed by atoms with E-state index < -0.39 is 10.5 Å². The van der Waals surface area contributed by atoms with E-state index >= 15 is 0 Å². The zero-order chi connectivity index (χ0) is 5.86. The van der Waals surface area contributed by atoms with Crippen LogP contribution in [0.4, 0.5) is 0 Å². The molecule has 0 amide bonds. The summed E-state index contributed by atoms with van der Waals surface area (Å²) in [7, 11) is 1.08. The zero-order valence-corrected chi connectivity index (χ0v) is 3.80. The molecule has 44 valence electrons. The van der Waals surface area contributed by atoms with Gasteiger partial charge in [-0.3, -0.25) is 0 Å². The number of hydroxylamine groups is 1. The van der Waals surface area contributed by atoms with Crippen LogP contribution in [-0.4, -0.2) is 7.05 Å². The first-order valence-corrected chi connectivity index (χ1v) is 1.60. The fourth-order valence-electron chi connectivity index (χ4n) is 0.0830. The number of nitrogens with two attached hydrogens (primary N) is 1. The van der Waals surface area contributed by atoms with Crippen LogP contribution < -0.4 is 16.4 Å². The molecule has 0 radical (unpaired) electrons. The Bertz CT molecular complexity index is 47.4. The Morgan fingerprint density at radius 1 is 1.57 bits per heavy atom. The summed E-state index contributed by atoms with van der Waals surface area (Å²) in [4.78, 5) is 3.52. The number of quaternary nitrogens is 2. The van der Waals surface area contributed by atoms with Crippen molar-refractivity contribution in [3.63, 3.8) is 0 Å². The first-order valence-electron chi connectivity index (χ1n) is 1.60. The third-order valence-electron chi connectivity index (χ3n) is 0.394. The van der Waals surface area contributed by atoms with Gasteiger partial charge in [-0.15, -0.1) is 0 Å². The van der Waals surface area contributed by atoms with Crippen molar-refractivity contribution in [2.75, 3.05) is 7.05 Å². The average molecular weight is 109 g/mol. The van der Waals surface area contributed by atoms with Crippen molar-refractivity contribution >= 4 is 0 Å². The summed E-state index contributed by atoms with van der Waals surface area (Å²) in [6.45, 7) is 0. The van der Waals surface area contributed by atoms with Gasteiger partial charge in [0.05, 0.1) is 0 Å². The molecule has 0 aliphatic rings. The largest absolute Gasteiger partial charge is 0.581 e. The molecule has 0 aliphatic heterocycles. The molecule has 0 saturated heterocycles. The van der Waals surface area contributed by atoms with Crippen LogP contribution in [0.1, 0.15) is 0 Å². The highest BCUT2D eigenvalue weighted by atomic mass is 17.0. The van der Waals surface area contributed by atoms with Crippen LogP contribution in [0.5, 0.6) is 0 Å². The molecule has 0 aromatic carbocycles. The average Bonchev–Trinajstić information content (AvgIpc) is 1.65. The lowest BCUT2D eigenvalue weighted by atomic mass is 11.5. The molecule has 2 atom stereocenters. The van der Waals surface area contributed by atoms with Gasteiger partial charge in [0, 0.05) is 0 Å². The molecule has 0 saturated carbocycles. The summed E-state index contributed by atoms with van der Waals surface area (Å²) in [6, 6.07) is 0. The third kappa shape index (κ3) is 2.45. The predicted octanol–water partition coefficient (Wildman–Crippen LogP) is -3.90. The maximum Gasteiger partial charge on any atom is 0.114 e. The summed E-state index contributed by atoms with van der Waals surface area (Å²) in [5.74, 6) is 4.30. The van der Waals surface area contributed by atoms with Gasteiger partial charge in [0.1, 0.15) is 7.05 Å². The van der Waals surface area contributed by atoms with Crippen molar-refractivity contribution < 1.29 is 15.4 Å². The molecule has 0 aliphatic carbocycles. The second-order valence-electron chi connectivity index (χ2n) is 0.961. The van der Waals surface area contributed by atoms with Gasteiger partial charge in [0.25, 0.3) is 0 Å². The molecule has 7 heavy (non-hydrogen) atoms. The van der Waals surface area contributed by atoms with E-state index in [2.05, 4.69) is 10.8 Å². The van der Waals surface area contributed by atoms with E-state index in [1.165, 1.54) is 0 Å². The molecule has 0 spiro atoms. The fourth-order valence-corrected chi connectivity index (χ4v) is 0.0830. The Morgan fingerprint density at radius 3 is 2.00 bits per heavy atom. The van der Waals surface area contributed by atoms with Gasteiger partial charge in [0.2, 0.25) is 0 Å². The van der Waals surface area contributed by atoms with Crippen LogP contribution in [0.25, 0.3) is 0 Å². The van der Waals surface area contributed by atoms with E-state index in [1.54, 1.807) is 0 Å². The molecule has 6 nitrogen and oxygen atoms in total. The Balaban J connectivity index is 3.14. The van der Waals surface area contributed by atoms with E-state index in [0.29, 0.717) is 0 Å². The van der Waals surface area contributed by atoms with Crippen LogP contribution in [0.2, 0.25) is 0 Å². The smallest absolute Gasteiger partial charge is 0.114 e. The predicted molar refractivity (Wildman–Crippen MR) is 19.9 cm³/mol. The highest BCUT2D eigenvalue weighted by Gasteiger charge is 1.91. The molecule has 0 fully saturated rings. The third-order valence-corrected chi connectivity index (χ3v) is 0.394. The van der Waals surface area contributed by atoms with Gasteiger partial charge in [-0.05, 0) is 0 Å². The number of rotatable bonds is 2. The van der Waals surface area contributed by atoms with Crippen LogP contribution in [0.15, 0.2) is 0 Å². The van der Waals surface area contributed by atoms with Crippen molar-refractivity contribution in [2.45, 2.75) is 0 Å². The first-order chi connectivity index (χ1) is 3.18. The summed E-state index contributed by atoms with van der Waals surface area (Å²) in [6.07, 6.45) is 0. The quantitative estimate of drug-likeness (QED) is 0.316. The molecular weight excluding hydrogens is 102 g/mol. The monoisotopic (exact) mass is 109 g/mol. The number of hydrogen-bond donors (Lipinski definition) is 3. The molecule has 0 rings (SSSR count). The summed E-state index contributed by atoms with van der Waals surface area (Å²) < 4.78 is 0. The van der Waals surface area contributed by atoms with E-state index in [9.17, 15) is 10.4 Å². The summed E-state index contributed by atoms with van der Waals surface area (Å²) in [5, 5.41) is 17.9. The molecular formula is CH7N3O3. The van der Waals surface area contributed by atoms with Crippen LogP contribution in [0, 0.1) is 10.4 Å². The Morgan fingerprint density at radius 2 is 2.00 bits per heavy atom. The Labute approximate surface area is 40.1 Å². The van der Waals surface area contributed by atoms with Gasteiger partial charge < -0.3 is 10.4 Å². The minimum atomic E-state index is -1.01. The number of nitrogens with one attached hydrogen (secondary N) is 2. The van der Waals surface area contributed by atoms with Crippen molar-refractivity contribution in [3.8, 4) is 0 Å². The summed E-state index contributed by atoms with van der Waals surface area (Å²) in [5.41, 5.74) is 0. The van der Waals surface area contributed by atoms with E-state index in [4.69, 9.17) is 0 Å². The lowest BCUT2D eigenvalue weighted by molar-refractivity contribution is -1.54. The second-order valence-corrected chi connectivity index (χ2v) is 0.961. The molecule has 4 N–H and O–H groups in total. The van der Waals surface area contributed by atoms with Crippen LogP contribution >= 0.6 is 0 Å². The van der Waals surface area contributed by atoms with E-state index in [-0.39, 0.29) is 0 Å². The van der Waals surface area contributed by atoms with Gasteiger partial charge >= 0.3 is 0 Å². The zero-order valence-electron chi connectivity index (χ0n) is 3.80. The molecule has 0 heterocycles. The van der Waals surface area contributed by atoms with Crippen molar-refractivity contribution in [3.05, 3.63) is 10.4 Å². The van der Waals surface area contributed by atoms with Gasteiger partial charge in [-0.2, -0.15) is 11.1 Å². The lowest BCUT2D eigenvalue weighted by Gasteiger charge is -2.23. The molecule has 6 heteroatoms. The minimum absolute atomic E-state index is 0.692. The highest BCUT2D eigenvalue weighted by molar-refractivity contribution is 3.84.